The van der Waals surface area contributed by atoms with Crippen LogP contribution in [0.4, 0.5) is 0 Å². The van der Waals surface area contributed by atoms with Crippen molar-refractivity contribution in [3.8, 4) is 0 Å². The molecule has 0 atom stereocenters. The lowest BCUT2D eigenvalue weighted by Gasteiger charge is -2.30. The quantitative estimate of drug-likeness (QED) is 0.537. The highest BCUT2D eigenvalue weighted by molar-refractivity contribution is 4.53. The predicted molar refractivity (Wildman–Crippen MR) is 57.5 cm³/mol. The van der Waals surface area contributed by atoms with Gasteiger partial charge in [0.25, 0.3) is 0 Å². The molecule has 0 amide bonds. The summed E-state index contributed by atoms with van der Waals surface area (Å²) >= 11 is 0. The molecule has 80 valence electrons. The minimum absolute atomic E-state index is 0.996. The van der Waals surface area contributed by atoms with Crippen molar-refractivity contribution in [2.24, 2.45) is 0 Å². The summed E-state index contributed by atoms with van der Waals surface area (Å²) in [7, 11) is 12.6. The molecule has 0 aromatic heterocycles. The van der Waals surface area contributed by atoms with E-state index in [0.29, 0.717) is 0 Å². The first-order valence-electron chi connectivity index (χ1n) is 4.58. The molecule has 0 bridgehead atoms. The van der Waals surface area contributed by atoms with Crippen LogP contribution in [0.5, 0.6) is 0 Å². The molecule has 0 aliphatic heterocycles. The average molecular weight is 188 g/mol. The molecule has 0 heterocycles. The highest BCUT2D eigenvalue weighted by atomic mass is 15.4. The molecule has 0 spiro atoms. The van der Waals surface area contributed by atoms with Crippen LogP contribution in [-0.4, -0.2) is 81.9 Å². The second kappa shape index (κ2) is 6.32. The monoisotopic (exact) mass is 188 g/mol. The summed E-state index contributed by atoms with van der Waals surface area (Å²) in [6.45, 7) is 2.99. The van der Waals surface area contributed by atoms with Gasteiger partial charge >= 0.3 is 0 Å². The molecule has 0 fully saturated rings. The van der Waals surface area contributed by atoms with Crippen molar-refractivity contribution >= 4 is 0 Å². The molecular weight excluding hydrogens is 164 g/mol. The van der Waals surface area contributed by atoms with Gasteiger partial charge in [-0.1, -0.05) is 0 Å². The first-order valence-corrected chi connectivity index (χ1v) is 4.58. The summed E-state index contributed by atoms with van der Waals surface area (Å²) in [5.41, 5.74) is 0. The standard InChI is InChI=1S/C9H24N4/c1-10(2)7-13(8-11(3)4)9-12(5)6/h7-9H2,1-6H3. The molecule has 0 saturated heterocycles. The zero-order valence-corrected chi connectivity index (χ0v) is 9.91. The molecule has 0 rings (SSSR count). The minimum atomic E-state index is 0.996. The second-order valence-corrected chi connectivity index (χ2v) is 4.33. The van der Waals surface area contributed by atoms with E-state index < -0.39 is 0 Å². The lowest BCUT2D eigenvalue weighted by molar-refractivity contribution is 0.0743. The smallest absolute Gasteiger partial charge is 0.0525 e. The summed E-state index contributed by atoms with van der Waals surface area (Å²) in [6, 6.07) is 0. The van der Waals surface area contributed by atoms with Crippen LogP contribution in [0.15, 0.2) is 0 Å². The first-order chi connectivity index (χ1) is 5.91. The largest absolute Gasteiger partial charge is 0.297 e. The fraction of sp³-hybridized carbons (Fsp3) is 1.00. The Morgan fingerprint density at radius 1 is 0.538 bits per heavy atom. The van der Waals surface area contributed by atoms with E-state index >= 15 is 0 Å². The molecule has 0 N–H and O–H groups in total. The van der Waals surface area contributed by atoms with Crippen LogP contribution in [0.1, 0.15) is 0 Å². The van der Waals surface area contributed by atoms with Gasteiger partial charge in [-0.3, -0.25) is 19.6 Å². The van der Waals surface area contributed by atoms with Crippen molar-refractivity contribution in [1.29, 1.82) is 0 Å². The Kier molecular flexibility index (Phi) is 6.24. The summed E-state index contributed by atoms with van der Waals surface area (Å²) in [5.74, 6) is 0. The molecule has 4 nitrogen and oxygen atoms in total. The van der Waals surface area contributed by atoms with Gasteiger partial charge in [-0.15, -0.1) is 0 Å². The third kappa shape index (κ3) is 8.18. The summed E-state index contributed by atoms with van der Waals surface area (Å²) in [4.78, 5) is 8.94. The Labute approximate surface area is 82.7 Å². The van der Waals surface area contributed by atoms with E-state index in [1.165, 1.54) is 0 Å². The van der Waals surface area contributed by atoms with E-state index in [0.717, 1.165) is 20.0 Å². The highest BCUT2D eigenvalue weighted by Crippen LogP contribution is 1.92. The van der Waals surface area contributed by atoms with Crippen molar-refractivity contribution in [3.63, 3.8) is 0 Å². The molecule has 0 aromatic carbocycles. The average Bonchev–Trinajstić information content (AvgIpc) is 1.80. The van der Waals surface area contributed by atoms with Gasteiger partial charge in [0.15, 0.2) is 0 Å². The van der Waals surface area contributed by atoms with Crippen LogP contribution < -0.4 is 0 Å². The van der Waals surface area contributed by atoms with E-state index in [1.54, 1.807) is 0 Å². The number of hydrogen-bond donors (Lipinski definition) is 0. The van der Waals surface area contributed by atoms with E-state index in [4.69, 9.17) is 0 Å². The minimum Gasteiger partial charge on any atom is -0.297 e. The Morgan fingerprint density at radius 2 is 0.769 bits per heavy atom. The van der Waals surface area contributed by atoms with Gasteiger partial charge in [0.05, 0.1) is 20.0 Å². The normalized spacial score (nSPS) is 12.5. The maximum absolute atomic E-state index is 2.38. The molecule has 0 unspecified atom stereocenters. The molecule has 0 aliphatic carbocycles. The topological polar surface area (TPSA) is 13.0 Å². The van der Waals surface area contributed by atoms with Crippen LogP contribution >= 0.6 is 0 Å². The van der Waals surface area contributed by atoms with Crippen molar-refractivity contribution in [2.45, 2.75) is 0 Å². The van der Waals surface area contributed by atoms with Crippen molar-refractivity contribution in [3.05, 3.63) is 0 Å². The predicted octanol–water partition coefficient (Wildman–Crippen LogP) is -0.154. The van der Waals surface area contributed by atoms with Gasteiger partial charge < -0.3 is 0 Å². The van der Waals surface area contributed by atoms with Gasteiger partial charge in [-0.05, 0) is 42.3 Å². The fourth-order valence-electron chi connectivity index (χ4n) is 1.33. The van der Waals surface area contributed by atoms with Gasteiger partial charge in [-0.2, -0.15) is 0 Å². The van der Waals surface area contributed by atoms with E-state index in [9.17, 15) is 0 Å². The Morgan fingerprint density at radius 3 is 0.923 bits per heavy atom. The van der Waals surface area contributed by atoms with Crippen molar-refractivity contribution in [1.82, 2.24) is 19.6 Å². The second-order valence-electron chi connectivity index (χ2n) is 4.33. The highest BCUT2D eigenvalue weighted by Gasteiger charge is 2.07. The van der Waals surface area contributed by atoms with Crippen molar-refractivity contribution in [2.75, 3.05) is 62.3 Å². The Bertz CT molecular complexity index is 99.0. The summed E-state index contributed by atoms with van der Waals surface area (Å²) in [5, 5.41) is 0. The van der Waals surface area contributed by atoms with Crippen LogP contribution in [0, 0.1) is 0 Å². The van der Waals surface area contributed by atoms with Crippen molar-refractivity contribution < 1.29 is 0 Å². The first kappa shape index (κ1) is 12.8. The summed E-state index contributed by atoms with van der Waals surface area (Å²) in [6.07, 6.45) is 0. The lowest BCUT2D eigenvalue weighted by Crippen LogP contribution is -2.44. The molecule has 0 radical (unpaired) electrons. The van der Waals surface area contributed by atoms with Gasteiger partial charge in [0.1, 0.15) is 0 Å². The third-order valence-corrected chi connectivity index (χ3v) is 1.45. The van der Waals surface area contributed by atoms with E-state index in [-0.39, 0.29) is 0 Å². The molecule has 0 saturated carbocycles. The van der Waals surface area contributed by atoms with Gasteiger partial charge in [-0.25, -0.2) is 0 Å². The Hall–Kier alpha value is -0.160. The molecule has 0 aromatic rings. The maximum Gasteiger partial charge on any atom is 0.0525 e. The van der Waals surface area contributed by atoms with Crippen LogP contribution in [0.2, 0.25) is 0 Å². The zero-order valence-electron chi connectivity index (χ0n) is 9.91. The third-order valence-electron chi connectivity index (χ3n) is 1.45. The SMILES string of the molecule is CN(C)CN(CN(C)C)CN(C)C. The van der Waals surface area contributed by atoms with E-state index in [2.05, 4.69) is 61.9 Å². The number of nitrogens with zero attached hydrogens (tertiary/aromatic N) is 4. The fourth-order valence-corrected chi connectivity index (χ4v) is 1.33. The Balaban J connectivity index is 3.87. The maximum atomic E-state index is 2.38. The molecule has 13 heavy (non-hydrogen) atoms. The molecule has 4 heteroatoms. The lowest BCUT2D eigenvalue weighted by atomic mass is 10.6. The van der Waals surface area contributed by atoms with E-state index in [1.807, 2.05) is 0 Å². The zero-order chi connectivity index (χ0) is 10.4. The molecule has 0 aliphatic rings. The summed E-state index contributed by atoms with van der Waals surface area (Å²) < 4.78 is 0. The van der Waals surface area contributed by atoms with Crippen LogP contribution in [0.3, 0.4) is 0 Å². The number of rotatable bonds is 6. The number of hydrogen-bond acceptors (Lipinski definition) is 4. The molecular formula is C9H24N4. The van der Waals surface area contributed by atoms with Crippen LogP contribution in [-0.2, 0) is 0 Å². The van der Waals surface area contributed by atoms with Gasteiger partial charge in [0, 0.05) is 0 Å². The van der Waals surface area contributed by atoms with Gasteiger partial charge in [0.2, 0.25) is 0 Å². The van der Waals surface area contributed by atoms with Crippen LogP contribution in [0.25, 0.3) is 0 Å².